The average molecular weight is 653 g/mol. The molecule has 8 rings (SSSR count). The molecule has 0 radical (unpaired) electrons. The highest BCUT2D eigenvalue weighted by Crippen LogP contribution is 2.56. The van der Waals surface area contributed by atoms with Crippen LogP contribution in [0.15, 0.2) is 170 Å². The van der Waals surface area contributed by atoms with Crippen LogP contribution in [0.4, 0.5) is 0 Å². The van der Waals surface area contributed by atoms with Gasteiger partial charge in [-0.1, -0.05) is 166 Å². The van der Waals surface area contributed by atoms with E-state index >= 15 is 4.57 Å². The zero-order valence-corrected chi connectivity index (χ0v) is 28.8. The Hall–Kier alpha value is -5.37. The first-order valence-corrected chi connectivity index (χ1v) is 18.5. The van der Waals surface area contributed by atoms with Gasteiger partial charge in [0.05, 0.1) is 22.8 Å². The Morgan fingerprint density at radius 2 is 0.898 bits per heavy atom. The largest absolute Gasteiger partial charge is 0.309 e. The first-order chi connectivity index (χ1) is 23.8. The molecule has 0 aliphatic carbocycles. The lowest BCUT2D eigenvalue weighted by Crippen LogP contribution is -2.47. The predicted molar refractivity (Wildman–Crippen MR) is 203 cm³/mol. The van der Waals surface area contributed by atoms with E-state index in [-0.39, 0.29) is 5.41 Å². The van der Waals surface area contributed by atoms with Gasteiger partial charge in [-0.3, -0.25) is 9.97 Å². The number of nitrogens with zero attached hydrogens (tertiary/aromatic N) is 2. The van der Waals surface area contributed by atoms with E-state index in [4.69, 9.17) is 9.97 Å². The first kappa shape index (κ1) is 30.9. The van der Waals surface area contributed by atoms with Gasteiger partial charge in [0, 0.05) is 27.0 Å². The summed E-state index contributed by atoms with van der Waals surface area (Å²) in [4.78, 5) is 10.9. The summed E-state index contributed by atoms with van der Waals surface area (Å²) in [6.45, 7) is 6.62. The van der Waals surface area contributed by atoms with E-state index in [9.17, 15) is 0 Å². The third-order valence-corrected chi connectivity index (χ3v) is 13.0. The summed E-state index contributed by atoms with van der Waals surface area (Å²) in [5.41, 5.74) is 7.59. The van der Waals surface area contributed by atoms with Crippen LogP contribution in [0.2, 0.25) is 0 Å². The fourth-order valence-electron chi connectivity index (χ4n) is 7.36. The molecule has 238 valence electrons. The lowest BCUT2D eigenvalue weighted by molar-refractivity contribution is 0.587. The number of fused-ring (bicyclic) bond motifs is 2. The van der Waals surface area contributed by atoms with Crippen LogP contribution in [0.25, 0.3) is 22.5 Å². The van der Waals surface area contributed by atoms with E-state index in [1.54, 1.807) is 0 Å². The van der Waals surface area contributed by atoms with Gasteiger partial charge < -0.3 is 4.57 Å². The third kappa shape index (κ3) is 5.00. The Balaban J connectivity index is 1.47. The molecule has 0 N–H and O–H groups in total. The summed E-state index contributed by atoms with van der Waals surface area (Å²) in [5.74, 6) is 0. The maximum atomic E-state index is 16.1. The van der Waals surface area contributed by atoms with Gasteiger partial charge in [0.15, 0.2) is 7.14 Å². The molecule has 1 aliphatic rings. The summed E-state index contributed by atoms with van der Waals surface area (Å²) in [6.07, 6.45) is 0. The van der Waals surface area contributed by atoms with Gasteiger partial charge in [-0.05, 0) is 46.4 Å². The smallest absolute Gasteiger partial charge is 0.171 e. The Bertz CT molecular complexity index is 2210. The Morgan fingerprint density at radius 3 is 1.35 bits per heavy atom. The molecule has 2 aromatic heterocycles. The van der Waals surface area contributed by atoms with Crippen LogP contribution in [-0.4, -0.2) is 9.97 Å². The molecular formula is C45H37N2OP. The number of aromatic nitrogens is 2. The zero-order chi connectivity index (χ0) is 33.6. The normalized spacial score (nSPS) is 14.4. The highest BCUT2D eigenvalue weighted by molar-refractivity contribution is 7.85. The van der Waals surface area contributed by atoms with Crippen LogP contribution in [0.1, 0.15) is 48.8 Å². The molecule has 3 nitrogen and oxygen atoms in total. The molecule has 0 saturated carbocycles. The van der Waals surface area contributed by atoms with Crippen molar-refractivity contribution in [1.29, 1.82) is 0 Å². The van der Waals surface area contributed by atoms with Crippen LogP contribution in [0.3, 0.4) is 0 Å². The molecule has 4 heteroatoms. The lowest BCUT2D eigenvalue weighted by Gasteiger charge is -2.43. The molecule has 0 unspecified atom stereocenters. The minimum absolute atomic E-state index is 0.0184. The monoisotopic (exact) mass is 652 g/mol. The van der Waals surface area contributed by atoms with Crippen molar-refractivity contribution in [2.45, 2.75) is 31.6 Å². The number of hydrogen-bond acceptors (Lipinski definition) is 3. The highest BCUT2D eigenvalue weighted by atomic mass is 31.2. The second-order valence-corrected chi connectivity index (χ2v) is 16.4. The van der Waals surface area contributed by atoms with Crippen LogP contribution < -0.4 is 15.9 Å². The first-order valence-electron chi connectivity index (χ1n) is 16.8. The highest BCUT2D eigenvalue weighted by Gasteiger charge is 2.52. The molecule has 1 aliphatic heterocycles. The summed E-state index contributed by atoms with van der Waals surface area (Å²) in [5, 5.41) is 2.46. The third-order valence-electron chi connectivity index (χ3n) is 9.80. The number of benzene rings is 5. The van der Waals surface area contributed by atoms with E-state index in [0.717, 1.165) is 60.9 Å². The van der Waals surface area contributed by atoms with Crippen molar-refractivity contribution in [2.75, 3.05) is 0 Å². The van der Waals surface area contributed by atoms with E-state index in [1.807, 2.05) is 48.5 Å². The molecule has 7 aromatic rings. The number of hydrogen-bond donors (Lipinski definition) is 0. The molecule has 0 spiro atoms. The zero-order valence-electron chi connectivity index (χ0n) is 27.9. The molecule has 5 aromatic carbocycles. The van der Waals surface area contributed by atoms with E-state index in [1.165, 1.54) is 5.56 Å². The van der Waals surface area contributed by atoms with Crippen molar-refractivity contribution >= 4 is 23.1 Å². The van der Waals surface area contributed by atoms with Crippen molar-refractivity contribution in [3.8, 4) is 22.5 Å². The summed E-state index contributed by atoms with van der Waals surface area (Å²) >= 11 is 0. The van der Waals surface area contributed by atoms with Crippen molar-refractivity contribution in [1.82, 2.24) is 9.97 Å². The second kappa shape index (κ2) is 11.9. The SMILES string of the molecule is CC(C)(C)c1ccc(P2(=O)c3ccccc3C(c3cccc(-c4ccccc4)n3)(c3cccc(-c4ccccc4)n3)c3ccccc32)cc1. The quantitative estimate of drug-likeness (QED) is 0.174. The molecule has 0 amide bonds. The Labute approximate surface area is 288 Å². The summed E-state index contributed by atoms with van der Waals surface area (Å²) in [7, 11) is -3.33. The second-order valence-electron chi connectivity index (χ2n) is 13.7. The summed E-state index contributed by atoms with van der Waals surface area (Å²) < 4.78 is 16.1. The van der Waals surface area contributed by atoms with Crippen LogP contribution in [-0.2, 0) is 15.4 Å². The number of pyridine rings is 2. The number of rotatable bonds is 5. The van der Waals surface area contributed by atoms with Crippen LogP contribution in [0, 0.1) is 0 Å². The molecule has 49 heavy (non-hydrogen) atoms. The maximum absolute atomic E-state index is 16.1. The molecule has 0 atom stereocenters. The van der Waals surface area contributed by atoms with Gasteiger partial charge in [0.2, 0.25) is 0 Å². The molecule has 0 bridgehead atoms. The van der Waals surface area contributed by atoms with Crippen LogP contribution in [0.5, 0.6) is 0 Å². The topological polar surface area (TPSA) is 42.9 Å². The van der Waals surface area contributed by atoms with Gasteiger partial charge in [-0.25, -0.2) is 0 Å². The van der Waals surface area contributed by atoms with Gasteiger partial charge in [-0.15, -0.1) is 0 Å². The Kier molecular flexibility index (Phi) is 7.54. The van der Waals surface area contributed by atoms with E-state index < -0.39 is 12.6 Å². The predicted octanol–water partition coefficient (Wildman–Crippen LogP) is 9.44. The average Bonchev–Trinajstić information content (AvgIpc) is 3.16. The van der Waals surface area contributed by atoms with Gasteiger partial charge in [0.1, 0.15) is 5.41 Å². The van der Waals surface area contributed by atoms with Crippen molar-refractivity contribution in [3.05, 3.63) is 198 Å². The van der Waals surface area contributed by atoms with Crippen molar-refractivity contribution < 1.29 is 4.57 Å². The van der Waals surface area contributed by atoms with Crippen molar-refractivity contribution in [3.63, 3.8) is 0 Å². The van der Waals surface area contributed by atoms with Crippen molar-refractivity contribution in [2.24, 2.45) is 0 Å². The molecule has 3 heterocycles. The summed E-state index contributed by atoms with van der Waals surface area (Å²) in [6, 6.07) is 58.0. The Morgan fingerprint density at radius 1 is 0.469 bits per heavy atom. The van der Waals surface area contributed by atoms with E-state index in [0.29, 0.717) is 0 Å². The minimum Gasteiger partial charge on any atom is -0.309 e. The maximum Gasteiger partial charge on any atom is 0.171 e. The van der Waals surface area contributed by atoms with Crippen LogP contribution >= 0.6 is 7.14 Å². The van der Waals surface area contributed by atoms with E-state index in [2.05, 4.69) is 142 Å². The standard InChI is InChI=1S/C45H37N2OP/c1-44(2,3)34-28-30-35(31-29-34)49(48)40-24-12-10-20-36(40)45(37-21-11-13-25-41(37)49,42-26-14-22-38(46-42)32-16-6-4-7-17-32)43-27-15-23-39(47-43)33-18-8-5-9-19-33/h4-31H,1-3H3. The molecule has 0 fully saturated rings. The van der Waals surface area contributed by atoms with Gasteiger partial charge in [0.25, 0.3) is 0 Å². The van der Waals surface area contributed by atoms with Gasteiger partial charge in [-0.2, -0.15) is 0 Å². The molecular weight excluding hydrogens is 615 g/mol. The minimum atomic E-state index is -3.33. The molecule has 0 saturated heterocycles. The fourth-order valence-corrected chi connectivity index (χ4v) is 10.5. The lowest BCUT2D eigenvalue weighted by atomic mass is 9.68. The fraction of sp³-hybridized carbons (Fsp3) is 0.111. The van der Waals surface area contributed by atoms with Gasteiger partial charge >= 0.3 is 0 Å².